The Balaban J connectivity index is 1.70. The number of thiazole rings is 1. The second-order valence-electron chi connectivity index (χ2n) is 6.32. The van der Waals surface area contributed by atoms with Crippen molar-refractivity contribution in [2.24, 2.45) is 4.99 Å². The van der Waals surface area contributed by atoms with E-state index in [-0.39, 0.29) is 5.56 Å². The van der Waals surface area contributed by atoms with E-state index in [9.17, 15) is 4.79 Å². The molecule has 138 valence electrons. The first-order valence-electron chi connectivity index (χ1n) is 8.46. The van der Waals surface area contributed by atoms with Gasteiger partial charge in [-0.2, -0.15) is 0 Å². The molecule has 1 aliphatic rings. The van der Waals surface area contributed by atoms with E-state index in [0.717, 1.165) is 27.4 Å². The number of rotatable bonds is 3. The van der Waals surface area contributed by atoms with Crippen molar-refractivity contribution in [2.45, 2.75) is 13.6 Å². The lowest BCUT2D eigenvalue weighted by molar-refractivity contribution is 0.414. The molecule has 0 aliphatic carbocycles. The average Bonchev–Trinajstić information content (AvgIpc) is 2.99. The highest BCUT2D eigenvalue weighted by Gasteiger charge is 2.16. The third-order valence-electron chi connectivity index (χ3n) is 4.49. The highest BCUT2D eigenvalue weighted by atomic mass is 35.5. The zero-order chi connectivity index (χ0) is 19.0. The van der Waals surface area contributed by atoms with Crippen molar-refractivity contribution in [3.05, 3.63) is 78.3 Å². The van der Waals surface area contributed by atoms with Crippen LogP contribution in [-0.4, -0.2) is 18.3 Å². The number of hydrogen-bond acceptors (Lipinski definition) is 5. The summed E-state index contributed by atoms with van der Waals surface area (Å²) in [5.41, 5.74) is 2.87. The van der Waals surface area contributed by atoms with Crippen LogP contribution in [-0.2, 0) is 6.67 Å². The summed E-state index contributed by atoms with van der Waals surface area (Å²) in [4.78, 5) is 20.2. The van der Waals surface area contributed by atoms with Gasteiger partial charge in [0.1, 0.15) is 19.1 Å². The minimum absolute atomic E-state index is 0.0375. The fraction of sp³-hybridized carbons (Fsp3) is 0.200. The van der Waals surface area contributed by atoms with Crippen LogP contribution in [0.4, 0.5) is 5.69 Å². The highest BCUT2D eigenvalue weighted by molar-refractivity contribution is 7.07. The van der Waals surface area contributed by atoms with Crippen LogP contribution in [0.3, 0.4) is 0 Å². The van der Waals surface area contributed by atoms with Gasteiger partial charge in [-0.15, -0.1) is 0 Å². The first-order valence-corrected chi connectivity index (χ1v) is 9.65. The molecular weight excluding hydrogens is 382 g/mol. The van der Waals surface area contributed by atoms with Crippen LogP contribution in [0.15, 0.2) is 52.3 Å². The molecule has 1 aliphatic heterocycles. The quantitative estimate of drug-likeness (QED) is 0.680. The maximum Gasteiger partial charge on any atom is 0.271 e. The molecule has 0 spiro atoms. The summed E-state index contributed by atoms with van der Waals surface area (Å²) in [6, 6.07) is 13.5. The van der Waals surface area contributed by atoms with Gasteiger partial charge in [0, 0.05) is 10.7 Å². The Morgan fingerprint density at radius 1 is 1.26 bits per heavy atom. The van der Waals surface area contributed by atoms with Crippen molar-refractivity contribution in [3.8, 4) is 5.75 Å². The van der Waals surface area contributed by atoms with Gasteiger partial charge < -0.3 is 9.64 Å². The van der Waals surface area contributed by atoms with Crippen LogP contribution in [0.2, 0.25) is 5.02 Å². The topological polar surface area (TPSA) is 46.8 Å². The Morgan fingerprint density at radius 2 is 2.11 bits per heavy atom. The van der Waals surface area contributed by atoms with Crippen LogP contribution < -0.4 is 24.5 Å². The normalized spacial score (nSPS) is 14.0. The second kappa shape index (κ2) is 7.21. The van der Waals surface area contributed by atoms with Gasteiger partial charge in [0.05, 0.1) is 11.6 Å². The smallest absolute Gasteiger partial charge is 0.271 e. The minimum atomic E-state index is -0.0375. The fourth-order valence-corrected chi connectivity index (χ4v) is 4.07. The van der Waals surface area contributed by atoms with Gasteiger partial charge in [-0.25, -0.2) is 4.99 Å². The van der Waals surface area contributed by atoms with E-state index in [0.29, 0.717) is 22.9 Å². The molecule has 0 fully saturated rings. The predicted octanol–water partition coefficient (Wildman–Crippen LogP) is 2.76. The fourth-order valence-electron chi connectivity index (χ4n) is 2.94. The SMILES string of the molecule is COc1cccc(C=c2sc3n(c2=O)CN(c2ccc(C)c(Cl)c2)CN=3)c1. The van der Waals surface area contributed by atoms with Crippen molar-refractivity contribution in [2.75, 3.05) is 18.7 Å². The molecule has 2 aromatic carbocycles. The number of ether oxygens (including phenoxy) is 1. The number of methoxy groups -OCH3 is 1. The molecule has 7 heteroatoms. The molecule has 5 nitrogen and oxygen atoms in total. The summed E-state index contributed by atoms with van der Waals surface area (Å²) >= 11 is 7.65. The summed E-state index contributed by atoms with van der Waals surface area (Å²) in [5, 5.41) is 0.711. The summed E-state index contributed by atoms with van der Waals surface area (Å²) in [7, 11) is 1.63. The number of nitrogens with zero attached hydrogens (tertiary/aromatic N) is 3. The number of hydrogen-bond donors (Lipinski definition) is 0. The Hall–Kier alpha value is -2.57. The molecular formula is C20H18ClN3O2S. The lowest BCUT2D eigenvalue weighted by atomic mass is 10.2. The zero-order valence-corrected chi connectivity index (χ0v) is 16.5. The Bertz CT molecular complexity index is 1180. The van der Waals surface area contributed by atoms with E-state index in [4.69, 9.17) is 16.3 Å². The predicted molar refractivity (Wildman–Crippen MR) is 109 cm³/mol. The molecule has 3 aromatic rings. The first kappa shape index (κ1) is 17.8. The van der Waals surface area contributed by atoms with Crippen LogP contribution in [0.5, 0.6) is 5.75 Å². The molecule has 4 rings (SSSR count). The Morgan fingerprint density at radius 3 is 2.89 bits per heavy atom. The summed E-state index contributed by atoms with van der Waals surface area (Å²) in [6.45, 7) is 2.92. The van der Waals surface area contributed by atoms with Crippen molar-refractivity contribution >= 4 is 34.7 Å². The highest BCUT2D eigenvalue weighted by Crippen LogP contribution is 2.23. The number of halogens is 1. The van der Waals surface area contributed by atoms with Gasteiger partial charge in [-0.1, -0.05) is 41.1 Å². The molecule has 0 unspecified atom stereocenters. The third-order valence-corrected chi connectivity index (χ3v) is 5.94. The maximum absolute atomic E-state index is 12.9. The van der Waals surface area contributed by atoms with E-state index < -0.39 is 0 Å². The van der Waals surface area contributed by atoms with Crippen molar-refractivity contribution in [1.29, 1.82) is 0 Å². The molecule has 0 amide bonds. The summed E-state index contributed by atoms with van der Waals surface area (Å²) in [5.74, 6) is 0.761. The van der Waals surface area contributed by atoms with E-state index in [1.165, 1.54) is 11.3 Å². The Kier molecular flexibility index (Phi) is 4.76. The molecule has 27 heavy (non-hydrogen) atoms. The number of anilines is 1. The van der Waals surface area contributed by atoms with Crippen LogP contribution in [0.1, 0.15) is 11.1 Å². The molecule has 0 bridgehead atoms. The zero-order valence-electron chi connectivity index (χ0n) is 15.0. The van der Waals surface area contributed by atoms with Gasteiger partial charge in [0.25, 0.3) is 5.56 Å². The van der Waals surface area contributed by atoms with Crippen LogP contribution in [0.25, 0.3) is 6.08 Å². The molecule has 0 radical (unpaired) electrons. The number of aromatic nitrogens is 1. The average molecular weight is 400 g/mol. The second-order valence-corrected chi connectivity index (χ2v) is 7.73. The third kappa shape index (κ3) is 3.50. The van der Waals surface area contributed by atoms with Gasteiger partial charge >= 0.3 is 0 Å². The van der Waals surface area contributed by atoms with E-state index in [1.54, 1.807) is 11.7 Å². The standard InChI is InChI=1S/C20H18ClN3O2S/c1-13-6-7-15(10-17(13)21)23-11-22-20-24(12-23)19(25)18(27-20)9-14-4-3-5-16(8-14)26-2/h3-10H,11-12H2,1-2H3. The van der Waals surface area contributed by atoms with Crippen LogP contribution in [0, 0.1) is 6.92 Å². The lowest BCUT2D eigenvalue weighted by Crippen LogP contribution is -2.42. The molecule has 1 aromatic heterocycles. The number of fused-ring (bicyclic) bond motifs is 1. The van der Waals surface area contributed by atoms with Crippen molar-refractivity contribution in [3.63, 3.8) is 0 Å². The first-order chi connectivity index (χ1) is 13.0. The minimum Gasteiger partial charge on any atom is -0.497 e. The van der Waals surface area contributed by atoms with E-state index >= 15 is 0 Å². The summed E-state index contributed by atoms with van der Waals surface area (Å²) < 4.78 is 7.61. The van der Waals surface area contributed by atoms with Gasteiger partial charge in [0.2, 0.25) is 0 Å². The lowest BCUT2D eigenvalue weighted by Gasteiger charge is -2.26. The van der Waals surface area contributed by atoms with E-state index in [2.05, 4.69) is 4.99 Å². The number of aryl methyl sites for hydroxylation is 1. The maximum atomic E-state index is 12.9. The largest absolute Gasteiger partial charge is 0.497 e. The molecule has 2 heterocycles. The van der Waals surface area contributed by atoms with Crippen molar-refractivity contribution in [1.82, 2.24) is 4.57 Å². The van der Waals surface area contributed by atoms with Crippen molar-refractivity contribution < 1.29 is 4.74 Å². The van der Waals surface area contributed by atoms with E-state index in [1.807, 2.05) is 60.4 Å². The Labute approximate surface area is 165 Å². The molecule has 0 atom stereocenters. The van der Waals surface area contributed by atoms with Gasteiger partial charge in [-0.05, 0) is 48.4 Å². The van der Waals surface area contributed by atoms with Gasteiger partial charge in [-0.3, -0.25) is 9.36 Å². The van der Waals surface area contributed by atoms with Gasteiger partial charge in [0.15, 0.2) is 4.80 Å². The monoisotopic (exact) mass is 399 g/mol. The molecule has 0 N–H and O–H groups in total. The number of benzene rings is 2. The molecule has 0 saturated heterocycles. The van der Waals surface area contributed by atoms with Crippen LogP contribution >= 0.6 is 22.9 Å². The summed E-state index contributed by atoms with van der Waals surface area (Å²) in [6.07, 6.45) is 1.88. The molecule has 0 saturated carbocycles.